The van der Waals surface area contributed by atoms with Gasteiger partial charge in [-0.2, -0.15) is 16.4 Å². The summed E-state index contributed by atoms with van der Waals surface area (Å²) in [7, 11) is 0. The third-order valence-electron chi connectivity index (χ3n) is 2.69. The molecule has 0 saturated carbocycles. The van der Waals surface area contributed by atoms with Gasteiger partial charge in [0.05, 0.1) is 11.1 Å². The molecule has 0 saturated heterocycles. The fraction of sp³-hybridized carbons (Fsp3) is 0. The van der Waals surface area contributed by atoms with Crippen LogP contribution in [-0.4, -0.2) is 16.1 Å². The van der Waals surface area contributed by atoms with Gasteiger partial charge in [0.1, 0.15) is 0 Å². The van der Waals surface area contributed by atoms with Crippen molar-refractivity contribution in [3.63, 3.8) is 0 Å². The number of thiophene rings is 1. The van der Waals surface area contributed by atoms with Crippen molar-refractivity contribution < 1.29 is 4.79 Å². The summed E-state index contributed by atoms with van der Waals surface area (Å²) in [5.41, 5.74) is 0.621. The second-order valence-corrected chi connectivity index (χ2v) is 4.69. The summed E-state index contributed by atoms with van der Waals surface area (Å²) in [4.78, 5) is 23.8. The van der Waals surface area contributed by atoms with E-state index in [0.717, 1.165) is 0 Å². The largest absolute Gasteiger partial charge is 0.320 e. The third kappa shape index (κ3) is 2.13. The van der Waals surface area contributed by atoms with Gasteiger partial charge in [-0.05, 0) is 17.5 Å². The van der Waals surface area contributed by atoms with Crippen LogP contribution in [0.5, 0.6) is 0 Å². The predicted molar refractivity (Wildman–Crippen MR) is 74.6 cm³/mol. The lowest BCUT2D eigenvalue weighted by molar-refractivity contribution is 0.102. The third-order valence-corrected chi connectivity index (χ3v) is 3.37. The van der Waals surface area contributed by atoms with Crippen molar-refractivity contribution in [1.82, 2.24) is 10.2 Å². The molecular weight excluding hydrogens is 262 g/mol. The van der Waals surface area contributed by atoms with Gasteiger partial charge in [-0.1, -0.05) is 18.2 Å². The number of aromatic amines is 1. The van der Waals surface area contributed by atoms with E-state index >= 15 is 0 Å². The fourth-order valence-corrected chi connectivity index (χ4v) is 2.40. The number of amides is 1. The van der Waals surface area contributed by atoms with Gasteiger partial charge in [-0.25, -0.2) is 5.10 Å². The Bertz CT molecular complexity index is 793. The van der Waals surface area contributed by atoms with Crippen LogP contribution in [0.1, 0.15) is 10.5 Å². The second-order valence-electron chi connectivity index (χ2n) is 3.91. The molecule has 5 nitrogen and oxygen atoms in total. The maximum atomic E-state index is 12.1. The average molecular weight is 271 g/mol. The zero-order chi connectivity index (χ0) is 13.2. The quantitative estimate of drug-likeness (QED) is 0.750. The first kappa shape index (κ1) is 11.6. The van der Waals surface area contributed by atoms with E-state index in [2.05, 4.69) is 15.5 Å². The Morgan fingerprint density at radius 2 is 2.00 bits per heavy atom. The monoisotopic (exact) mass is 271 g/mol. The highest BCUT2D eigenvalue weighted by Crippen LogP contribution is 2.16. The molecule has 2 aromatic heterocycles. The summed E-state index contributed by atoms with van der Waals surface area (Å²) in [6.45, 7) is 0. The van der Waals surface area contributed by atoms with Gasteiger partial charge in [-0.15, -0.1) is 0 Å². The van der Waals surface area contributed by atoms with E-state index in [1.807, 2.05) is 10.8 Å². The van der Waals surface area contributed by atoms with Gasteiger partial charge >= 0.3 is 0 Å². The molecule has 0 unspecified atom stereocenters. The van der Waals surface area contributed by atoms with Gasteiger partial charge in [-0.3, -0.25) is 9.59 Å². The minimum atomic E-state index is -0.342. The number of carbonyl (C=O) groups excluding carboxylic acids is 1. The molecule has 0 radical (unpaired) electrons. The van der Waals surface area contributed by atoms with Gasteiger partial charge < -0.3 is 5.32 Å². The molecule has 19 heavy (non-hydrogen) atoms. The Balaban J connectivity index is 2.08. The first-order valence-electron chi connectivity index (χ1n) is 5.56. The molecule has 2 heterocycles. The van der Waals surface area contributed by atoms with E-state index in [1.165, 1.54) is 11.3 Å². The maximum absolute atomic E-state index is 12.1. The van der Waals surface area contributed by atoms with Crippen molar-refractivity contribution >= 4 is 33.7 Å². The van der Waals surface area contributed by atoms with Crippen LogP contribution >= 0.6 is 11.3 Å². The summed E-state index contributed by atoms with van der Waals surface area (Å²) in [6.07, 6.45) is 0. The number of fused-ring (bicyclic) bond motifs is 1. The van der Waals surface area contributed by atoms with Crippen LogP contribution in [-0.2, 0) is 0 Å². The predicted octanol–water partition coefficient (Wildman–Crippen LogP) is 2.24. The molecule has 0 aliphatic rings. The van der Waals surface area contributed by atoms with E-state index in [9.17, 15) is 9.59 Å². The molecule has 6 heteroatoms. The molecule has 0 aliphatic carbocycles. The minimum absolute atomic E-state index is 0.210. The van der Waals surface area contributed by atoms with E-state index in [4.69, 9.17) is 0 Å². The standard InChI is InChI=1S/C13H9N3O2S/c17-12-10-4-2-1-3-9(10)11(15-16-12)13(18)14-8-5-6-19-7-8/h1-7H,(H,14,18)(H,16,17). The first-order chi connectivity index (χ1) is 9.25. The lowest BCUT2D eigenvalue weighted by atomic mass is 10.1. The number of nitrogens with one attached hydrogen (secondary N) is 2. The number of carbonyl (C=O) groups is 1. The van der Waals surface area contributed by atoms with Crippen LogP contribution < -0.4 is 10.9 Å². The van der Waals surface area contributed by atoms with E-state index in [1.54, 1.807) is 30.3 Å². The van der Waals surface area contributed by atoms with Crippen LogP contribution in [0, 0.1) is 0 Å². The van der Waals surface area contributed by atoms with Gasteiger partial charge in [0.25, 0.3) is 11.5 Å². The number of aromatic nitrogens is 2. The van der Waals surface area contributed by atoms with Crippen molar-refractivity contribution in [2.24, 2.45) is 0 Å². The Morgan fingerprint density at radius 3 is 2.74 bits per heavy atom. The van der Waals surface area contributed by atoms with Gasteiger partial charge in [0, 0.05) is 10.8 Å². The minimum Gasteiger partial charge on any atom is -0.320 e. The van der Waals surface area contributed by atoms with Crippen LogP contribution in [0.2, 0.25) is 0 Å². The van der Waals surface area contributed by atoms with Crippen molar-refractivity contribution in [2.75, 3.05) is 5.32 Å². The Labute approximate surface area is 111 Å². The van der Waals surface area contributed by atoms with Gasteiger partial charge in [0.2, 0.25) is 0 Å². The van der Waals surface area contributed by atoms with Crippen molar-refractivity contribution in [3.8, 4) is 0 Å². The summed E-state index contributed by atoms with van der Waals surface area (Å²) in [5.74, 6) is -0.342. The highest BCUT2D eigenvalue weighted by Gasteiger charge is 2.13. The first-order valence-corrected chi connectivity index (χ1v) is 6.51. The zero-order valence-electron chi connectivity index (χ0n) is 9.71. The maximum Gasteiger partial charge on any atom is 0.276 e. The number of hydrogen-bond acceptors (Lipinski definition) is 4. The summed E-state index contributed by atoms with van der Waals surface area (Å²) < 4.78 is 0. The molecule has 94 valence electrons. The van der Waals surface area contributed by atoms with Crippen molar-refractivity contribution in [1.29, 1.82) is 0 Å². The van der Waals surface area contributed by atoms with Crippen molar-refractivity contribution in [3.05, 3.63) is 57.1 Å². The number of nitrogens with zero attached hydrogens (tertiary/aromatic N) is 1. The lowest BCUT2D eigenvalue weighted by Crippen LogP contribution is -2.19. The Morgan fingerprint density at radius 1 is 1.21 bits per heavy atom. The number of H-pyrrole nitrogens is 1. The topological polar surface area (TPSA) is 74.8 Å². The van der Waals surface area contributed by atoms with Gasteiger partial charge in [0.15, 0.2) is 5.69 Å². The molecule has 0 spiro atoms. The highest BCUT2D eigenvalue weighted by atomic mass is 32.1. The summed E-state index contributed by atoms with van der Waals surface area (Å²) >= 11 is 1.49. The molecule has 1 aromatic carbocycles. The normalized spacial score (nSPS) is 10.5. The Hall–Kier alpha value is -2.47. The van der Waals surface area contributed by atoms with E-state index in [-0.39, 0.29) is 17.2 Å². The number of anilines is 1. The summed E-state index contributed by atoms with van der Waals surface area (Å²) in [5, 5.41) is 13.6. The molecule has 0 aliphatic heterocycles. The molecule has 3 aromatic rings. The second kappa shape index (κ2) is 4.66. The van der Waals surface area contributed by atoms with Crippen molar-refractivity contribution in [2.45, 2.75) is 0 Å². The van der Waals surface area contributed by atoms with Crippen LogP contribution in [0.25, 0.3) is 10.8 Å². The van der Waals surface area contributed by atoms with E-state index in [0.29, 0.717) is 16.5 Å². The lowest BCUT2D eigenvalue weighted by Gasteiger charge is -2.04. The zero-order valence-corrected chi connectivity index (χ0v) is 10.5. The molecule has 0 fully saturated rings. The average Bonchev–Trinajstić information content (AvgIpc) is 2.92. The molecule has 0 atom stereocenters. The molecule has 3 rings (SSSR count). The highest BCUT2D eigenvalue weighted by molar-refractivity contribution is 7.08. The molecule has 2 N–H and O–H groups in total. The van der Waals surface area contributed by atoms with E-state index < -0.39 is 0 Å². The number of hydrogen-bond donors (Lipinski definition) is 2. The van der Waals surface area contributed by atoms with Crippen LogP contribution in [0.4, 0.5) is 5.69 Å². The number of benzene rings is 1. The number of rotatable bonds is 2. The van der Waals surface area contributed by atoms with Crippen LogP contribution in [0.3, 0.4) is 0 Å². The molecule has 0 bridgehead atoms. The Kier molecular flexibility index (Phi) is 2.85. The summed E-state index contributed by atoms with van der Waals surface area (Å²) in [6, 6.07) is 8.69. The smallest absolute Gasteiger partial charge is 0.276 e. The SMILES string of the molecule is O=C(Nc1ccsc1)c1n[nH]c(=O)c2ccccc12. The fourth-order valence-electron chi connectivity index (χ4n) is 1.81. The molecule has 1 amide bonds. The molecular formula is C13H9N3O2S. The van der Waals surface area contributed by atoms with Crippen LogP contribution in [0.15, 0.2) is 45.9 Å².